The molecule has 0 heterocycles. The van der Waals surface area contributed by atoms with Gasteiger partial charge in [-0.3, -0.25) is 0 Å². The van der Waals surface area contributed by atoms with Gasteiger partial charge in [0.15, 0.2) is 17.3 Å². The Morgan fingerprint density at radius 2 is 1.05 bits per heavy atom. The van der Waals surface area contributed by atoms with Crippen molar-refractivity contribution in [1.29, 1.82) is 0 Å². The van der Waals surface area contributed by atoms with E-state index in [4.69, 9.17) is 28.4 Å². The predicted molar refractivity (Wildman–Crippen MR) is 145 cm³/mol. The Bertz CT molecular complexity index is 883. The van der Waals surface area contributed by atoms with Crippen LogP contribution in [0, 0.1) is 0 Å². The fraction of sp³-hybridized carbons (Fsp3) is 0.667. The van der Waals surface area contributed by atoms with Gasteiger partial charge in [0.2, 0.25) is 0 Å². The Balaban J connectivity index is 5.23. The standard InChI is InChI=1S/C27H44O15/c1-4-18(29)25(34)40-13-7-10-37-17-22(38-11-8-14-41-26(35)19(30)5-2)24(23(33)21(32)16-28)39-12-9-15-42-27(36)20(31)6-3/h4-6,21-24,28-33H,7-17H2,1-3H3. The quantitative estimate of drug-likeness (QED) is 0.0308. The summed E-state index contributed by atoms with van der Waals surface area (Å²) >= 11 is 0. The monoisotopic (exact) mass is 608 g/mol. The van der Waals surface area contributed by atoms with Gasteiger partial charge in [0.1, 0.15) is 24.4 Å². The second-order valence-electron chi connectivity index (χ2n) is 8.55. The lowest BCUT2D eigenvalue weighted by molar-refractivity contribution is -0.172. The Hall–Kier alpha value is -3.21. The number of rotatable bonds is 23. The molecule has 0 saturated carbocycles. The lowest BCUT2D eigenvalue weighted by Gasteiger charge is -2.32. The summed E-state index contributed by atoms with van der Waals surface area (Å²) in [6.07, 6.45) is -1.40. The summed E-state index contributed by atoms with van der Waals surface area (Å²) in [5.41, 5.74) is 0. The van der Waals surface area contributed by atoms with E-state index < -0.39 is 66.2 Å². The Morgan fingerprint density at radius 3 is 1.45 bits per heavy atom. The molecule has 0 aromatic heterocycles. The first-order valence-corrected chi connectivity index (χ1v) is 13.4. The van der Waals surface area contributed by atoms with Gasteiger partial charge in [-0.15, -0.1) is 0 Å². The van der Waals surface area contributed by atoms with E-state index >= 15 is 0 Å². The number of ether oxygens (including phenoxy) is 6. The Kier molecular flexibility index (Phi) is 21.6. The van der Waals surface area contributed by atoms with Crippen LogP contribution in [0.3, 0.4) is 0 Å². The number of hydrogen-bond donors (Lipinski definition) is 6. The first-order valence-electron chi connectivity index (χ1n) is 13.4. The topological polar surface area (TPSA) is 228 Å². The fourth-order valence-electron chi connectivity index (χ4n) is 2.99. The molecule has 4 unspecified atom stereocenters. The second-order valence-corrected chi connectivity index (χ2v) is 8.55. The zero-order valence-electron chi connectivity index (χ0n) is 24.2. The SMILES string of the molecule is CC=C(O)C(=O)OCCCOCC(OCCCOC(=O)C(O)=CC)C(OCCCOC(=O)C(O)=CC)C(O)C(O)CO. The van der Waals surface area contributed by atoms with Crippen LogP contribution in [-0.2, 0) is 42.8 Å². The highest BCUT2D eigenvalue weighted by Gasteiger charge is 2.34. The minimum atomic E-state index is -1.63. The van der Waals surface area contributed by atoms with Crippen LogP contribution in [-0.4, -0.2) is 126 Å². The number of carbonyl (C=O) groups excluding carboxylic acids is 3. The van der Waals surface area contributed by atoms with E-state index in [9.17, 15) is 45.0 Å². The van der Waals surface area contributed by atoms with E-state index in [1.807, 2.05) is 0 Å². The van der Waals surface area contributed by atoms with Crippen LogP contribution >= 0.6 is 0 Å². The molecule has 0 fully saturated rings. The number of carbonyl (C=O) groups is 3. The van der Waals surface area contributed by atoms with Gasteiger partial charge in [-0.25, -0.2) is 14.4 Å². The third-order valence-electron chi connectivity index (χ3n) is 5.37. The average molecular weight is 609 g/mol. The maximum absolute atomic E-state index is 11.6. The second kappa shape index (κ2) is 23.4. The van der Waals surface area contributed by atoms with Crippen molar-refractivity contribution in [3.8, 4) is 0 Å². The summed E-state index contributed by atoms with van der Waals surface area (Å²) in [6, 6.07) is 0. The molecule has 0 bridgehead atoms. The summed E-state index contributed by atoms with van der Waals surface area (Å²) in [5, 5.41) is 58.1. The number of aliphatic hydroxyl groups excluding tert-OH is 6. The van der Waals surface area contributed by atoms with Gasteiger partial charge in [0.05, 0.1) is 46.2 Å². The van der Waals surface area contributed by atoms with Crippen molar-refractivity contribution in [2.24, 2.45) is 0 Å². The highest BCUT2D eigenvalue weighted by Crippen LogP contribution is 2.15. The largest absolute Gasteiger partial charge is 0.502 e. The molecule has 15 nitrogen and oxygen atoms in total. The lowest BCUT2D eigenvalue weighted by atomic mass is 10.0. The predicted octanol–water partition coefficient (Wildman–Crippen LogP) is 0.673. The van der Waals surface area contributed by atoms with E-state index in [2.05, 4.69) is 0 Å². The molecule has 0 radical (unpaired) electrons. The highest BCUT2D eigenvalue weighted by molar-refractivity contribution is 5.86. The summed E-state index contributed by atoms with van der Waals surface area (Å²) < 4.78 is 31.8. The molecule has 0 amide bonds. The summed E-state index contributed by atoms with van der Waals surface area (Å²) in [5.74, 6) is -4.35. The van der Waals surface area contributed by atoms with Crippen molar-refractivity contribution < 1.29 is 73.4 Å². The van der Waals surface area contributed by atoms with Crippen LogP contribution < -0.4 is 0 Å². The third kappa shape index (κ3) is 16.3. The van der Waals surface area contributed by atoms with Gasteiger partial charge >= 0.3 is 17.9 Å². The molecule has 15 heteroatoms. The molecule has 0 rings (SSSR count). The molecule has 4 atom stereocenters. The lowest BCUT2D eigenvalue weighted by Crippen LogP contribution is -2.50. The summed E-state index contributed by atoms with van der Waals surface area (Å²) in [4.78, 5) is 34.6. The molecule has 0 aromatic rings. The van der Waals surface area contributed by atoms with Crippen molar-refractivity contribution >= 4 is 17.9 Å². The van der Waals surface area contributed by atoms with Crippen LogP contribution in [0.2, 0.25) is 0 Å². The molecule has 0 aromatic carbocycles. The number of hydrogen-bond acceptors (Lipinski definition) is 15. The normalized spacial score (nSPS) is 15.4. The molecule has 0 saturated heterocycles. The van der Waals surface area contributed by atoms with E-state index in [0.29, 0.717) is 0 Å². The fourth-order valence-corrected chi connectivity index (χ4v) is 2.99. The van der Waals surface area contributed by atoms with Crippen molar-refractivity contribution in [3.63, 3.8) is 0 Å². The third-order valence-corrected chi connectivity index (χ3v) is 5.37. The zero-order valence-corrected chi connectivity index (χ0v) is 24.2. The first kappa shape index (κ1) is 38.8. The maximum atomic E-state index is 11.6. The van der Waals surface area contributed by atoms with Crippen molar-refractivity contribution in [2.45, 2.75) is 64.4 Å². The average Bonchev–Trinajstić information content (AvgIpc) is 3.00. The zero-order chi connectivity index (χ0) is 31.9. The Morgan fingerprint density at radius 1 is 0.643 bits per heavy atom. The van der Waals surface area contributed by atoms with Crippen molar-refractivity contribution in [3.05, 3.63) is 35.5 Å². The molecule has 0 aliphatic heterocycles. The van der Waals surface area contributed by atoms with Crippen LogP contribution in [0.15, 0.2) is 35.5 Å². The van der Waals surface area contributed by atoms with E-state index in [-0.39, 0.29) is 65.5 Å². The smallest absolute Gasteiger partial charge is 0.373 e. The van der Waals surface area contributed by atoms with Crippen molar-refractivity contribution in [2.75, 3.05) is 52.9 Å². The van der Waals surface area contributed by atoms with Crippen molar-refractivity contribution in [1.82, 2.24) is 0 Å². The van der Waals surface area contributed by atoms with Gasteiger partial charge in [0, 0.05) is 25.9 Å². The van der Waals surface area contributed by atoms with Crippen LogP contribution in [0.25, 0.3) is 0 Å². The molecule has 42 heavy (non-hydrogen) atoms. The maximum Gasteiger partial charge on any atom is 0.373 e. The van der Waals surface area contributed by atoms with E-state index in [0.717, 1.165) is 0 Å². The number of aliphatic hydroxyl groups is 6. The van der Waals surface area contributed by atoms with E-state index in [1.54, 1.807) is 0 Å². The molecular weight excluding hydrogens is 564 g/mol. The van der Waals surface area contributed by atoms with Crippen LogP contribution in [0.5, 0.6) is 0 Å². The van der Waals surface area contributed by atoms with Gasteiger partial charge in [-0.05, 0) is 39.0 Å². The van der Waals surface area contributed by atoms with Gasteiger partial charge < -0.3 is 59.1 Å². The van der Waals surface area contributed by atoms with Gasteiger partial charge in [-0.2, -0.15) is 0 Å². The number of esters is 3. The molecule has 0 aliphatic rings. The van der Waals surface area contributed by atoms with Crippen LogP contribution in [0.1, 0.15) is 40.0 Å². The van der Waals surface area contributed by atoms with Gasteiger partial charge in [0.25, 0.3) is 0 Å². The highest BCUT2D eigenvalue weighted by atomic mass is 16.6. The first-order chi connectivity index (χ1) is 20.0. The minimum Gasteiger partial charge on any atom is -0.502 e. The molecular formula is C27H44O15. The summed E-state index contributed by atoms with van der Waals surface area (Å²) in [7, 11) is 0. The molecule has 0 spiro atoms. The minimum absolute atomic E-state index is 0.0276. The molecule has 6 N–H and O–H groups in total. The van der Waals surface area contributed by atoms with E-state index in [1.165, 1.54) is 39.0 Å². The van der Waals surface area contributed by atoms with Crippen LogP contribution in [0.4, 0.5) is 0 Å². The van der Waals surface area contributed by atoms with Gasteiger partial charge in [-0.1, -0.05) is 0 Å². The molecule has 242 valence electrons. The molecule has 0 aliphatic carbocycles. The number of allylic oxidation sites excluding steroid dienone is 3. The Labute approximate surface area is 244 Å². The summed E-state index contributed by atoms with van der Waals surface area (Å²) in [6.45, 7) is 3.08.